The van der Waals surface area contributed by atoms with Crippen molar-refractivity contribution in [2.24, 2.45) is 0 Å². The highest BCUT2D eigenvalue weighted by Crippen LogP contribution is 2.05. The molecule has 0 amide bonds. The van der Waals surface area contributed by atoms with Crippen molar-refractivity contribution in [3.63, 3.8) is 0 Å². The van der Waals surface area contributed by atoms with Crippen LogP contribution in [0.15, 0.2) is 0 Å². The quantitative estimate of drug-likeness (QED) is 0.451. The Hall–Kier alpha value is 1.33. The van der Waals surface area contributed by atoms with Crippen LogP contribution < -0.4 is 0 Å². The highest BCUT2D eigenvalue weighted by Gasteiger charge is 2.04. The van der Waals surface area contributed by atoms with Crippen molar-refractivity contribution in [2.75, 3.05) is 12.3 Å². The van der Waals surface area contributed by atoms with Gasteiger partial charge in [-0.2, -0.15) is 9.74 Å². The molecule has 1 N–H and O–H groups in total. The molecule has 0 bridgehead atoms. The fourth-order valence-electron chi connectivity index (χ4n) is 0.184. The second-order valence-corrected chi connectivity index (χ2v) is 7.06. The minimum Gasteiger partial charge on any atom is -0.286 e. The molecule has 0 fully saturated rings. The molecule has 0 aliphatic carbocycles. The molecule has 0 spiro atoms. The molecule has 0 aliphatic rings. The molecule has 0 aromatic heterocycles. The van der Waals surface area contributed by atoms with Crippen molar-refractivity contribution in [1.82, 2.24) is 1.33 Å². The fraction of sp³-hybridized carbons (Fsp3) is 1.00. The predicted octanol–water partition coefficient (Wildman–Crippen LogP) is 0.876. The molecule has 9 heavy (non-hydrogen) atoms. The summed E-state index contributed by atoms with van der Waals surface area (Å²) in [6.07, 6.45) is 0. The minimum atomic E-state index is -3.77. The van der Waals surface area contributed by atoms with Crippen LogP contribution in [-0.2, 0) is 10.1 Å². The van der Waals surface area contributed by atoms with Gasteiger partial charge in [0.1, 0.15) is 0 Å². The molecule has 0 heterocycles. The van der Waals surface area contributed by atoms with E-state index in [1.165, 1.54) is 0 Å². The van der Waals surface area contributed by atoms with Crippen molar-refractivity contribution >= 4 is 55.8 Å². The molecule has 0 aromatic carbocycles. The molecule has 0 saturated carbocycles. The van der Waals surface area contributed by atoms with E-state index < -0.39 is 10.1 Å². The average molecular weight is 377 g/mol. The number of rotatable bonds is 3. The molecule has 0 unspecified atom stereocenters. The third-order valence-corrected chi connectivity index (χ3v) is 2.18. The summed E-state index contributed by atoms with van der Waals surface area (Å²) in [6.45, 7) is 0.333. The van der Waals surface area contributed by atoms with Crippen LogP contribution in [-0.4, -0.2) is 26.6 Å². The van der Waals surface area contributed by atoms with E-state index in [1.54, 1.807) is 1.33 Å². The van der Waals surface area contributed by atoms with Crippen molar-refractivity contribution in [2.45, 2.75) is 0 Å². The summed E-state index contributed by atoms with van der Waals surface area (Å²) >= 11 is 3.85. The first-order valence-corrected chi connectivity index (χ1v) is 5.50. The van der Waals surface area contributed by atoms with Gasteiger partial charge >= 0.3 is 0 Å². The first-order chi connectivity index (χ1) is 3.92. The van der Waals surface area contributed by atoms with E-state index in [-0.39, 0.29) is 5.75 Å². The van der Waals surface area contributed by atoms with E-state index in [0.717, 1.165) is 0 Å². The van der Waals surface area contributed by atoms with E-state index in [4.69, 9.17) is 4.55 Å². The fourth-order valence-corrected chi connectivity index (χ4v) is 1.73. The number of hydrogen-bond acceptors (Lipinski definition) is 3. The Morgan fingerprint density at radius 2 is 1.89 bits per heavy atom. The first kappa shape index (κ1) is 10.3. The number of nitrogens with zero attached hydrogens (tertiary/aromatic N) is 1. The van der Waals surface area contributed by atoms with Gasteiger partial charge in [0.15, 0.2) is 0 Å². The molecule has 56 valence electrons. The molecular formula is C2H5I2NO3S. The van der Waals surface area contributed by atoms with E-state index in [9.17, 15) is 8.42 Å². The van der Waals surface area contributed by atoms with E-state index in [2.05, 4.69) is 0 Å². The topological polar surface area (TPSA) is 57.6 Å². The Balaban J connectivity index is 3.53. The third-order valence-electron chi connectivity index (χ3n) is 0.518. The van der Waals surface area contributed by atoms with Crippen LogP contribution >= 0.6 is 45.7 Å². The van der Waals surface area contributed by atoms with Crippen LogP contribution in [0.3, 0.4) is 0 Å². The van der Waals surface area contributed by atoms with Gasteiger partial charge in [0.05, 0.1) is 5.75 Å². The first-order valence-electron chi connectivity index (χ1n) is 1.96. The minimum absolute atomic E-state index is 0.209. The Kier molecular flexibility index (Phi) is 4.89. The van der Waals surface area contributed by atoms with E-state index in [0.29, 0.717) is 6.54 Å². The van der Waals surface area contributed by atoms with Gasteiger partial charge in [0.25, 0.3) is 10.1 Å². The summed E-state index contributed by atoms with van der Waals surface area (Å²) in [5, 5.41) is 0. The highest BCUT2D eigenvalue weighted by atomic mass is 127. The summed E-state index contributed by atoms with van der Waals surface area (Å²) in [7, 11) is -3.77. The summed E-state index contributed by atoms with van der Waals surface area (Å²) in [6, 6.07) is 0. The number of halogens is 2. The van der Waals surface area contributed by atoms with Gasteiger partial charge in [-0.15, -0.1) is 0 Å². The molecular weight excluding hydrogens is 372 g/mol. The smallest absolute Gasteiger partial charge is 0.266 e. The molecule has 0 rings (SSSR count). The zero-order chi connectivity index (χ0) is 7.49. The lowest BCUT2D eigenvalue weighted by atomic mass is 10.8. The molecule has 4 nitrogen and oxygen atoms in total. The molecule has 0 atom stereocenters. The van der Waals surface area contributed by atoms with Crippen LogP contribution in [0.1, 0.15) is 0 Å². The van der Waals surface area contributed by atoms with Crippen LogP contribution in [0.25, 0.3) is 0 Å². The van der Waals surface area contributed by atoms with Crippen molar-refractivity contribution in [1.29, 1.82) is 0 Å². The summed E-state index contributed by atoms with van der Waals surface area (Å²) in [5.41, 5.74) is 0. The molecule has 0 saturated heterocycles. The monoisotopic (exact) mass is 377 g/mol. The Morgan fingerprint density at radius 3 is 2.00 bits per heavy atom. The highest BCUT2D eigenvalue weighted by molar-refractivity contribution is 14.2. The van der Waals surface area contributed by atoms with Gasteiger partial charge < -0.3 is 0 Å². The number of hydrogen-bond donors (Lipinski definition) is 1. The van der Waals surface area contributed by atoms with Gasteiger partial charge in [-0.1, -0.05) is 0 Å². The average Bonchev–Trinajstić information content (AvgIpc) is 1.59. The molecule has 0 aliphatic heterocycles. The molecule has 0 radical (unpaired) electrons. The normalized spacial score (nSPS) is 12.4. The lowest BCUT2D eigenvalue weighted by molar-refractivity contribution is 0.481. The van der Waals surface area contributed by atoms with Crippen LogP contribution in [0.2, 0.25) is 0 Å². The van der Waals surface area contributed by atoms with Crippen LogP contribution in [0.5, 0.6) is 0 Å². The lowest BCUT2D eigenvalue weighted by Crippen LogP contribution is -2.13. The zero-order valence-corrected chi connectivity index (χ0v) is 9.42. The van der Waals surface area contributed by atoms with Gasteiger partial charge in [-0.05, 0) is 0 Å². The summed E-state index contributed by atoms with van der Waals surface area (Å²) in [4.78, 5) is 0. The molecule has 0 aromatic rings. The van der Waals surface area contributed by atoms with E-state index >= 15 is 0 Å². The summed E-state index contributed by atoms with van der Waals surface area (Å²) in [5.74, 6) is -0.209. The van der Waals surface area contributed by atoms with Gasteiger partial charge in [0.2, 0.25) is 0 Å². The Labute approximate surface area is 81.7 Å². The maximum Gasteiger partial charge on any atom is 0.266 e. The molecule has 7 heteroatoms. The standard InChI is InChI=1S/C2H5I2NO3S/c3-5(4)1-2-9(6,7)8/h1-2H2,(H,6,7,8). The second-order valence-electron chi connectivity index (χ2n) is 1.31. The van der Waals surface area contributed by atoms with E-state index in [1.807, 2.05) is 45.7 Å². The SMILES string of the molecule is O=S(=O)(O)CCN(I)I. The predicted molar refractivity (Wildman–Crippen MR) is 51.2 cm³/mol. The van der Waals surface area contributed by atoms with Crippen molar-refractivity contribution in [3.8, 4) is 0 Å². The van der Waals surface area contributed by atoms with Gasteiger partial charge in [-0.3, -0.25) is 4.55 Å². The maximum atomic E-state index is 10.1. The zero-order valence-electron chi connectivity index (χ0n) is 4.29. The third kappa shape index (κ3) is 9.33. The van der Waals surface area contributed by atoms with Crippen molar-refractivity contribution in [3.05, 3.63) is 0 Å². The largest absolute Gasteiger partial charge is 0.286 e. The Bertz CT molecular complexity index is 165. The van der Waals surface area contributed by atoms with Crippen LogP contribution in [0.4, 0.5) is 0 Å². The lowest BCUT2D eigenvalue weighted by Gasteiger charge is -2.00. The van der Waals surface area contributed by atoms with Crippen molar-refractivity contribution < 1.29 is 13.0 Å². The second kappa shape index (κ2) is 4.26. The van der Waals surface area contributed by atoms with Gasteiger partial charge in [0, 0.05) is 52.3 Å². The van der Waals surface area contributed by atoms with Crippen LogP contribution in [0, 0.1) is 0 Å². The summed E-state index contributed by atoms with van der Waals surface area (Å²) < 4.78 is 29.9. The van der Waals surface area contributed by atoms with Gasteiger partial charge in [-0.25, -0.2) is 0 Å². The Morgan fingerprint density at radius 1 is 1.44 bits per heavy atom. The maximum absolute atomic E-state index is 10.1.